The van der Waals surface area contributed by atoms with Crippen LogP contribution >= 0.6 is 0 Å². The molecule has 64 heavy (non-hydrogen) atoms. The van der Waals surface area contributed by atoms with Gasteiger partial charge in [0.05, 0.1) is 0 Å². The van der Waals surface area contributed by atoms with Crippen LogP contribution in [-0.4, -0.2) is 25.9 Å². The summed E-state index contributed by atoms with van der Waals surface area (Å²) in [5.41, 5.74) is 9.94. The number of rotatable bonds is 12. The van der Waals surface area contributed by atoms with Crippen molar-refractivity contribution in [2.75, 3.05) is 0 Å². The number of hydrogen-bond donors (Lipinski definition) is 2. The second-order valence-electron chi connectivity index (χ2n) is 14.6. The second-order valence-corrected chi connectivity index (χ2v) is 17.4. The van der Waals surface area contributed by atoms with Gasteiger partial charge >= 0.3 is 0 Å². The largest absolute Gasteiger partial charge is 0.295 e. The summed E-state index contributed by atoms with van der Waals surface area (Å²) in [5, 5.41) is 0. The van der Waals surface area contributed by atoms with E-state index < -0.39 is 30.0 Å². The molecule has 8 aromatic carbocycles. The molecule has 0 aliphatic heterocycles. The molecule has 0 aliphatic carbocycles. The summed E-state index contributed by atoms with van der Waals surface area (Å²) in [7, 11) is -9.46. The second kappa shape index (κ2) is 21.1. The van der Waals surface area contributed by atoms with Gasteiger partial charge in [-0.05, 0) is 67.8 Å². The van der Waals surface area contributed by atoms with Crippen molar-refractivity contribution in [3.05, 3.63) is 251 Å². The van der Waals surface area contributed by atoms with E-state index in [2.05, 4.69) is 121 Å². The quantitative estimate of drug-likeness (QED) is 0.0935. The van der Waals surface area contributed by atoms with Crippen LogP contribution in [0.3, 0.4) is 0 Å². The Kier molecular flexibility index (Phi) is 14.7. The molecule has 0 saturated heterocycles. The Hall–Kier alpha value is -7.46. The Balaban J connectivity index is 0.000000197. The fraction of sp³-hybridized carbons (Fsp3) is 0. The lowest BCUT2D eigenvalue weighted by molar-refractivity contribution is 0.480. The molecule has 0 amide bonds. The lowest BCUT2D eigenvalue weighted by Gasteiger charge is -2.13. The molecule has 8 heteroatoms. The van der Waals surface area contributed by atoms with Gasteiger partial charge in [-0.15, -0.1) is 0 Å². The van der Waals surface area contributed by atoms with Gasteiger partial charge in [-0.1, -0.05) is 243 Å². The Bertz CT molecular complexity index is 2960. The summed E-state index contributed by atoms with van der Waals surface area (Å²) < 4.78 is 68.8. The van der Waals surface area contributed by atoms with Crippen LogP contribution in [0.1, 0.15) is 44.5 Å². The van der Waals surface area contributed by atoms with Gasteiger partial charge in [-0.2, -0.15) is 16.8 Å². The first kappa shape index (κ1) is 44.6. The minimum Gasteiger partial charge on any atom is -0.282 e. The molecule has 8 aromatic rings. The molecule has 316 valence electrons. The molecule has 0 saturated carbocycles. The van der Waals surface area contributed by atoms with Gasteiger partial charge < -0.3 is 0 Å². The molecule has 0 heterocycles. The summed E-state index contributed by atoms with van der Waals surface area (Å²) in [4.78, 5) is -0.953. The van der Waals surface area contributed by atoms with E-state index in [1.54, 1.807) is 36.4 Å². The van der Waals surface area contributed by atoms with Gasteiger partial charge in [-0.3, -0.25) is 9.11 Å². The lowest BCUT2D eigenvalue weighted by atomic mass is 9.94. The molecular formula is C56H44O6S2. The highest BCUT2D eigenvalue weighted by Crippen LogP contribution is 2.35. The van der Waals surface area contributed by atoms with Gasteiger partial charge in [0, 0.05) is 11.1 Å². The first-order valence-electron chi connectivity index (χ1n) is 20.4. The first-order valence-corrected chi connectivity index (χ1v) is 23.2. The van der Waals surface area contributed by atoms with Crippen molar-refractivity contribution < 1.29 is 25.9 Å². The SMILES string of the molecule is C(=C\c1ccccc1-c1ccccc1/C=C/c1ccccc1)/c1ccccc1.O=S(=O)(O)c1cc(/C=C/c2ccccc2)ccc1-c1ccc(/C=C/c2ccccc2)cc1S(=O)(=O)O. The van der Waals surface area contributed by atoms with Crippen LogP contribution in [0.15, 0.2) is 216 Å². The maximum atomic E-state index is 12.2. The van der Waals surface area contributed by atoms with E-state index in [0.717, 1.165) is 11.1 Å². The zero-order chi connectivity index (χ0) is 44.8. The van der Waals surface area contributed by atoms with Crippen LogP contribution in [0.25, 0.3) is 70.9 Å². The van der Waals surface area contributed by atoms with E-state index in [1.807, 2.05) is 72.8 Å². The zero-order valence-corrected chi connectivity index (χ0v) is 36.2. The minimum absolute atomic E-state index is 0.0550. The smallest absolute Gasteiger partial charge is 0.282 e. The molecular weight excluding hydrogens is 833 g/mol. The van der Waals surface area contributed by atoms with Crippen LogP contribution in [0.4, 0.5) is 0 Å². The van der Waals surface area contributed by atoms with E-state index in [9.17, 15) is 25.9 Å². The molecule has 0 aliphatic rings. The van der Waals surface area contributed by atoms with Crippen molar-refractivity contribution in [1.29, 1.82) is 0 Å². The fourth-order valence-corrected chi connectivity index (χ4v) is 8.43. The van der Waals surface area contributed by atoms with Crippen molar-refractivity contribution >= 4 is 68.8 Å². The molecule has 0 atom stereocenters. The van der Waals surface area contributed by atoms with Gasteiger partial charge in [0.15, 0.2) is 0 Å². The predicted octanol–water partition coefficient (Wildman–Crippen LogP) is 13.9. The molecule has 0 unspecified atom stereocenters. The van der Waals surface area contributed by atoms with E-state index in [1.165, 1.54) is 57.6 Å². The molecule has 0 fully saturated rings. The monoisotopic (exact) mass is 876 g/mol. The number of hydrogen-bond acceptors (Lipinski definition) is 4. The highest BCUT2D eigenvalue weighted by Gasteiger charge is 2.23. The van der Waals surface area contributed by atoms with Crippen molar-refractivity contribution in [1.82, 2.24) is 0 Å². The summed E-state index contributed by atoms with van der Waals surface area (Å²) in [5.74, 6) is 0. The fourth-order valence-electron chi connectivity index (χ4n) is 6.95. The van der Waals surface area contributed by atoms with Crippen molar-refractivity contribution in [2.24, 2.45) is 0 Å². The van der Waals surface area contributed by atoms with E-state index >= 15 is 0 Å². The number of benzene rings is 8. The van der Waals surface area contributed by atoms with Crippen LogP contribution < -0.4 is 0 Å². The van der Waals surface area contributed by atoms with E-state index in [0.29, 0.717) is 11.1 Å². The predicted molar refractivity (Wildman–Crippen MR) is 265 cm³/mol. The molecule has 0 bridgehead atoms. The maximum absolute atomic E-state index is 12.2. The highest BCUT2D eigenvalue weighted by molar-refractivity contribution is 7.86. The van der Waals surface area contributed by atoms with Crippen LogP contribution in [0, 0.1) is 0 Å². The van der Waals surface area contributed by atoms with Gasteiger partial charge in [0.2, 0.25) is 0 Å². The van der Waals surface area contributed by atoms with Crippen molar-refractivity contribution in [3.8, 4) is 22.3 Å². The minimum atomic E-state index is -4.73. The molecule has 0 aromatic heterocycles. The molecule has 0 spiro atoms. The average molecular weight is 877 g/mol. The first-order chi connectivity index (χ1) is 31.0. The van der Waals surface area contributed by atoms with Crippen molar-refractivity contribution in [3.63, 3.8) is 0 Å². The normalized spacial score (nSPS) is 11.9. The summed E-state index contributed by atoms with van der Waals surface area (Å²) >= 11 is 0. The van der Waals surface area contributed by atoms with Crippen molar-refractivity contribution in [2.45, 2.75) is 9.79 Å². The third kappa shape index (κ3) is 12.3. The Labute approximate surface area is 375 Å². The summed E-state index contributed by atoms with van der Waals surface area (Å²) in [6.45, 7) is 0. The Morgan fingerprint density at radius 2 is 0.531 bits per heavy atom. The standard InChI is InChI=1S/C28H22O6S2.C28H22/c29-35(30,31)27-19-23(13-11-21-7-3-1-4-8-21)15-17-25(27)26-18-16-24(20-28(26)36(32,33)34)14-12-22-9-5-2-6-10-22;1-3-11-23(12-4-1)19-21-25-15-7-9-17-27(25)28-18-10-8-16-26(28)22-20-24-13-5-2-6-14-24/h1-20H,(H,29,30,31)(H,32,33,34);1-22H/b13-11+,14-12+;21-19+,22-20+. The molecule has 6 nitrogen and oxygen atoms in total. The van der Waals surface area contributed by atoms with Gasteiger partial charge in [-0.25, -0.2) is 0 Å². The van der Waals surface area contributed by atoms with E-state index in [-0.39, 0.29) is 11.1 Å². The lowest BCUT2D eigenvalue weighted by Crippen LogP contribution is -2.05. The molecule has 0 radical (unpaired) electrons. The van der Waals surface area contributed by atoms with Gasteiger partial charge in [0.1, 0.15) is 9.79 Å². The summed E-state index contributed by atoms with van der Waals surface area (Å²) in [6, 6.07) is 65.2. The van der Waals surface area contributed by atoms with Crippen LogP contribution in [-0.2, 0) is 20.2 Å². The van der Waals surface area contributed by atoms with E-state index in [4.69, 9.17) is 0 Å². The Morgan fingerprint density at radius 3 is 0.844 bits per heavy atom. The zero-order valence-electron chi connectivity index (χ0n) is 34.6. The van der Waals surface area contributed by atoms with Crippen LogP contribution in [0.2, 0.25) is 0 Å². The third-order valence-electron chi connectivity index (χ3n) is 10.1. The van der Waals surface area contributed by atoms with Crippen LogP contribution in [0.5, 0.6) is 0 Å². The van der Waals surface area contributed by atoms with Gasteiger partial charge in [0.25, 0.3) is 20.2 Å². The average Bonchev–Trinajstić information content (AvgIpc) is 3.32. The maximum Gasteiger partial charge on any atom is 0.295 e. The third-order valence-corrected chi connectivity index (χ3v) is 11.9. The summed E-state index contributed by atoms with van der Waals surface area (Å²) in [6.07, 6.45) is 15.6. The molecule has 2 N–H and O–H groups in total. The highest BCUT2D eigenvalue weighted by atomic mass is 32.2. The topological polar surface area (TPSA) is 109 Å². The Morgan fingerprint density at radius 1 is 0.266 bits per heavy atom. The molecule has 8 rings (SSSR count).